The molecule has 0 aromatic rings. The average molecular weight is 210 g/mol. The summed E-state index contributed by atoms with van der Waals surface area (Å²) in [6.07, 6.45) is 5.89. The second-order valence-corrected chi connectivity index (χ2v) is 5.32. The van der Waals surface area contributed by atoms with Gasteiger partial charge in [-0.05, 0) is 24.7 Å². The van der Waals surface area contributed by atoms with Gasteiger partial charge in [0.05, 0.1) is 0 Å². The lowest BCUT2D eigenvalue weighted by molar-refractivity contribution is -0.128. The number of carbonyl (C=O) groups excluding carboxylic acids is 1. The maximum absolute atomic E-state index is 11.6. The largest absolute Gasteiger partial charge is 0.341 e. The Labute approximate surface area is 92.0 Å². The zero-order valence-corrected chi connectivity index (χ0v) is 9.61. The first kappa shape index (κ1) is 10.9. The summed E-state index contributed by atoms with van der Waals surface area (Å²) in [7, 11) is 0. The molecule has 2 N–H and O–H groups in total. The van der Waals surface area contributed by atoms with Gasteiger partial charge in [-0.2, -0.15) is 0 Å². The minimum atomic E-state index is 0.210. The average Bonchev–Trinajstić information content (AvgIpc) is 2.76. The molecule has 1 amide bonds. The number of rotatable bonds is 3. The van der Waals surface area contributed by atoms with Crippen molar-refractivity contribution in [3.8, 4) is 0 Å². The summed E-state index contributed by atoms with van der Waals surface area (Å²) in [6, 6.07) is 0.210. The van der Waals surface area contributed by atoms with Gasteiger partial charge in [0.15, 0.2) is 0 Å². The fraction of sp³-hybridized carbons (Fsp3) is 0.917. The van der Waals surface area contributed by atoms with E-state index in [0.717, 1.165) is 19.5 Å². The first-order chi connectivity index (χ1) is 7.16. The van der Waals surface area contributed by atoms with Crippen molar-refractivity contribution in [1.82, 2.24) is 4.90 Å². The van der Waals surface area contributed by atoms with Crippen molar-refractivity contribution in [3.63, 3.8) is 0 Å². The lowest BCUT2D eigenvalue weighted by Crippen LogP contribution is -2.42. The Hall–Kier alpha value is -0.570. The summed E-state index contributed by atoms with van der Waals surface area (Å²) >= 11 is 0. The van der Waals surface area contributed by atoms with E-state index in [-0.39, 0.29) is 6.04 Å². The first-order valence-corrected chi connectivity index (χ1v) is 6.20. The molecule has 2 fully saturated rings. The predicted octanol–water partition coefficient (Wildman–Crippen LogP) is 1.37. The summed E-state index contributed by atoms with van der Waals surface area (Å²) < 4.78 is 0. The van der Waals surface area contributed by atoms with Crippen molar-refractivity contribution >= 4 is 5.91 Å². The minimum absolute atomic E-state index is 0.210. The lowest BCUT2D eigenvalue weighted by atomic mass is 9.98. The van der Waals surface area contributed by atoms with Gasteiger partial charge < -0.3 is 10.6 Å². The highest BCUT2D eigenvalue weighted by Gasteiger charge is 2.30. The van der Waals surface area contributed by atoms with Crippen LogP contribution in [-0.4, -0.2) is 29.9 Å². The molecule has 1 aliphatic heterocycles. The molecule has 2 unspecified atom stereocenters. The molecule has 1 aliphatic carbocycles. The van der Waals surface area contributed by atoms with E-state index in [1.165, 1.54) is 25.7 Å². The van der Waals surface area contributed by atoms with Crippen LogP contribution in [0.2, 0.25) is 0 Å². The highest BCUT2D eigenvalue weighted by Crippen LogP contribution is 2.28. The third-order valence-corrected chi connectivity index (χ3v) is 3.84. The number of carbonyl (C=O) groups is 1. The van der Waals surface area contributed by atoms with E-state index in [2.05, 4.69) is 6.92 Å². The molecule has 1 heterocycles. The van der Waals surface area contributed by atoms with E-state index in [1.54, 1.807) is 0 Å². The number of nitrogens with zero attached hydrogens (tertiary/aromatic N) is 1. The Balaban J connectivity index is 1.83. The minimum Gasteiger partial charge on any atom is -0.341 e. The second kappa shape index (κ2) is 4.52. The SMILES string of the molecule is CC1CC(=O)N(CC(N)C2CCCC2)C1. The Morgan fingerprint density at radius 2 is 2.13 bits per heavy atom. The van der Waals surface area contributed by atoms with Gasteiger partial charge in [0.25, 0.3) is 0 Å². The fourth-order valence-electron chi connectivity index (χ4n) is 2.94. The molecule has 86 valence electrons. The normalized spacial score (nSPS) is 30.1. The summed E-state index contributed by atoms with van der Waals surface area (Å²) in [4.78, 5) is 13.6. The van der Waals surface area contributed by atoms with Crippen LogP contribution in [0, 0.1) is 11.8 Å². The molecule has 2 aliphatic rings. The maximum Gasteiger partial charge on any atom is 0.222 e. The molecular weight excluding hydrogens is 188 g/mol. The standard InChI is InChI=1S/C12H22N2O/c1-9-6-12(15)14(7-9)8-11(13)10-4-2-3-5-10/h9-11H,2-8,13H2,1H3. The number of amides is 1. The van der Waals surface area contributed by atoms with Crippen LogP contribution in [0.25, 0.3) is 0 Å². The molecule has 0 aromatic carbocycles. The van der Waals surface area contributed by atoms with Crippen LogP contribution in [0.3, 0.4) is 0 Å². The van der Waals surface area contributed by atoms with Gasteiger partial charge in [-0.15, -0.1) is 0 Å². The number of likely N-dealkylation sites (tertiary alicyclic amines) is 1. The van der Waals surface area contributed by atoms with Crippen LogP contribution < -0.4 is 5.73 Å². The van der Waals surface area contributed by atoms with Gasteiger partial charge in [0.2, 0.25) is 5.91 Å². The molecular formula is C12H22N2O. The van der Waals surface area contributed by atoms with Gasteiger partial charge in [0.1, 0.15) is 0 Å². The van der Waals surface area contributed by atoms with E-state index in [0.29, 0.717) is 17.7 Å². The van der Waals surface area contributed by atoms with E-state index in [9.17, 15) is 4.79 Å². The molecule has 15 heavy (non-hydrogen) atoms. The van der Waals surface area contributed by atoms with E-state index < -0.39 is 0 Å². The summed E-state index contributed by atoms with van der Waals surface area (Å²) in [5.74, 6) is 1.48. The number of hydrogen-bond acceptors (Lipinski definition) is 2. The highest BCUT2D eigenvalue weighted by molar-refractivity contribution is 5.78. The Bertz CT molecular complexity index is 236. The van der Waals surface area contributed by atoms with Gasteiger partial charge in [-0.3, -0.25) is 4.79 Å². The van der Waals surface area contributed by atoms with Crippen LogP contribution in [0.1, 0.15) is 39.0 Å². The van der Waals surface area contributed by atoms with Crippen molar-refractivity contribution in [1.29, 1.82) is 0 Å². The van der Waals surface area contributed by atoms with Crippen molar-refractivity contribution in [3.05, 3.63) is 0 Å². The fourth-order valence-corrected chi connectivity index (χ4v) is 2.94. The first-order valence-electron chi connectivity index (χ1n) is 6.20. The van der Waals surface area contributed by atoms with Crippen LogP contribution >= 0.6 is 0 Å². The van der Waals surface area contributed by atoms with Gasteiger partial charge in [-0.1, -0.05) is 19.8 Å². The molecule has 0 radical (unpaired) electrons. The van der Waals surface area contributed by atoms with Crippen LogP contribution in [-0.2, 0) is 4.79 Å². The Kier molecular flexibility index (Phi) is 3.29. The van der Waals surface area contributed by atoms with E-state index in [4.69, 9.17) is 5.73 Å². The van der Waals surface area contributed by atoms with Crippen LogP contribution in [0.4, 0.5) is 0 Å². The summed E-state index contributed by atoms with van der Waals surface area (Å²) in [6.45, 7) is 3.84. The van der Waals surface area contributed by atoms with Crippen LogP contribution in [0.5, 0.6) is 0 Å². The second-order valence-electron chi connectivity index (χ2n) is 5.32. The van der Waals surface area contributed by atoms with Crippen molar-refractivity contribution in [2.24, 2.45) is 17.6 Å². The topological polar surface area (TPSA) is 46.3 Å². The maximum atomic E-state index is 11.6. The van der Waals surface area contributed by atoms with Crippen molar-refractivity contribution < 1.29 is 4.79 Å². The molecule has 0 bridgehead atoms. The Morgan fingerprint density at radius 3 is 2.67 bits per heavy atom. The zero-order valence-electron chi connectivity index (χ0n) is 9.61. The molecule has 3 nitrogen and oxygen atoms in total. The molecule has 1 saturated heterocycles. The van der Waals surface area contributed by atoms with Crippen molar-refractivity contribution in [2.75, 3.05) is 13.1 Å². The van der Waals surface area contributed by atoms with Gasteiger partial charge in [0, 0.05) is 25.6 Å². The number of nitrogens with two attached hydrogens (primary N) is 1. The highest BCUT2D eigenvalue weighted by atomic mass is 16.2. The predicted molar refractivity (Wildman–Crippen MR) is 60.3 cm³/mol. The van der Waals surface area contributed by atoms with E-state index >= 15 is 0 Å². The molecule has 1 saturated carbocycles. The van der Waals surface area contributed by atoms with Crippen LogP contribution in [0.15, 0.2) is 0 Å². The monoisotopic (exact) mass is 210 g/mol. The quantitative estimate of drug-likeness (QED) is 0.764. The summed E-state index contributed by atoms with van der Waals surface area (Å²) in [5, 5.41) is 0. The smallest absolute Gasteiger partial charge is 0.222 e. The van der Waals surface area contributed by atoms with Gasteiger partial charge >= 0.3 is 0 Å². The lowest BCUT2D eigenvalue weighted by Gasteiger charge is -2.25. The number of hydrogen-bond donors (Lipinski definition) is 1. The van der Waals surface area contributed by atoms with Crippen molar-refractivity contribution in [2.45, 2.75) is 45.1 Å². The molecule has 2 atom stereocenters. The Morgan fingerprint density at radius 1 is 1.47 bits per heavy atom. The molecule has 3 heteroatoms. The molecule has 2 rings (SSSR count). The summed E-state index contributed by atoms with van der Waals surface area (Å²) in [5.41, 5.74) is 6.17. The third kappa shape index (κ3) is 2.51. The molecule has 0 spiro atoms. The zero-order chi connectivity index (χ0) is 10.8. The third-order valence-electron chi connectivity index (χ3n) is 3.84. The molecule has 0 aromatic heterocycles. The van der Waals surface area contributed by atoms with E-state index in [1.807, 2.05) is 4.90 Å². The van der Waals surface area contributed by atoms with Gasteiger partial charge in [-0.25, -0.2) is 0 Å².